The Morgan fingerprint density at radius 3 is 2.55 bits per heavy atom. The van der Waals surface area contributed by atoms with E-state index in [4.69, 9.17) is 0 Å². The lowest BCUT2D eigenvalue weighted by Crippen LogP contribution is -2.46. The summed E-state index contributed by atoms with van der Waals surface area (Å²) in [6, 6.07) is 2.68. The molecule has 0 bridgehead atoms. The van der Waals surface area contributed by atoms with Gasteiger partial charge in [0.15, 0.2) is 0 Å². The molecular weight excluding hydrogens is 317 g/mol. The first-order valence-electron chi connectivity index (χ1n) is 7.03. The highest BCUT2D eigenvalue weighted by atomic mass is 32.2. The number of halogens is 3. The van der Waals surface area contributed by atoms with Crippen molar-refractivity contribution in [3.05, 3.63) is 29.3 Å². The van der Waals surface area contributed by atoms with Gasteiger partial charge >= 0.3 is 6.18 Å². The van der Waals surface area contributed by atoms with Gasteiger partial charge in [-0.3, -0.25) is 0 Å². The van der Waals surface area contributed by atoms with Crippen LogP contribution in [0, 0.1) is 6.92 Å². The minimum absolute atomic E-state index is 0.0873. The van der Waals surface area contributed by atoms with Gasteiger partial charge in [-0.2, -0.15) is 13.2 Å². The van der Waals surface area contributed by atoms with E-state index < -0.39 is 21.8 Å². The molecule has 4 nitrogen and oxygen atoms in total. The van der Waals surface area contributed by atoms with E-state index in [1.165, 1.54) is 6.92 Å². The molecule has 1 aliphatic heterocycles. The zero-order valence-electron chi connectivity index (χ0n) is 12.4. The van der Waals surface area contributed by atoms with Crippen LogP contribution < -0.4 is 10.0 Å². The maximum Gasteiger partial charge on any atom is 0.416 e. The number of alkyl halides is 3. The third kappa shape index (κ3) is 3.99. The number of sulfonamides is 1. The molecule has 1 heterocycles. The molecule has 8 heteroatoms. The van der Waals surface area contributed by atoms with E-state index in [0.717, 1.165) is 18.2 Å². The SMILES string of the molecule is Cc1cc(C(F)(F)F)ccc1S(=O)(=O)NC1CCNC(C)C1. The van der Waals surface area contributed by atoms with Crippen molar-refractivity contribution >= 4 is 10.0 Å². The van der Waals surface area contributed by atoms with Crippen LogP contribution >= 0.6 is 0 Å². The van der Waals surface area contributed by atoms with E-state index in [9.17, 15) is 21.6 Å². The summed E-state index contributed by atoms with van der Waals surface area (Å²) in [7, 11) is -3.82. The molecule has 0 aromatic heterocycles. The van der Waals surface area contributed by atoms with Crippen molar-refractivity contribution < 1.29 is 21.6 Å². The maximum absolute atomic E-state index is 12.6. The Morgan fingerprint density at radius 1 is 1.32 bits per heavy atom. The van der Waals surface area contributed by atoms with Gasteiger partial charge in [0, 0.05) is 12.1 Å². The molecule has 1 fully saturated rings. The largest absolute Gasteiger partial charge is 0.416 e. The second kappa shape index (κ2) is 6.17. The van der Waals surface area contributed by atoms with Crippen LogP contribution in [0.5, 0.6) is 0 Å². The first kappa shape index (κ1) is 17.2. The highest BCUT2D eigenvalue weighted by Gasteiger charge is 2.32. The molecule has 1 aromatic carbocycles. The van der Waals surface area contributed by atoms with Crippen molar-refractivity contribution in [3.8, 4) is 0 Å². The maximum atomic E-state index is 12.6. The topological polar surface area (TPSA) is 58.2 Å². The summed E-state index contributed by atoms with van der Waals surface area (Å²) < 4.78 is 65.3. The molecule has 1 saturated heterocycles. The molecule has 0 aliphatic carbocycles. The number of nitrogens with one attached hydrogen (secondary N) is 2. The molecular formula is C14H19F3N2O2S. The van der Waals surface area contributed by atoms with Gasteiger partial charge in [-0.05, 0) is 57.0 Å². The van der Waals surface area contributed by atoms with Crippen LogP contribution in [-0.4, -0.2) is 27.0 Å². The molecule has 0 radical (unpaired) electrons. The number of piperidine rings is 1. The van der Waals surface area contributed by atoms with Gasteiger partial charge in [0.05, 0.1) is 10.5 Å². The van der Waals surface area contributed by atoms with E-state index in [1.807, 2.05) is 6.92 Å². The summed E-state index contributed by atoms with van der Waals surface area (Å²) in [4.78, 5) is -0.105. The lowest BCUT2D eigenvalue weighted by molar-refractivity contribution is -0.137. The molecule has 0 amide bonds. The van der Waals surface area contributed by atoms with E-state index in [0.29, 0.717) is 19.4 Å². The van der Waals surface area contributed by atoms with Gasteiger partial charge in [0.25, 0.3) is 0 Å². The molecule has 22 heavy (non-hydrogen) atoms. The highest BCUT2D eigenvalue weighted by Crippen LogP contribution is 2.31. The monoisotopic (exact) mass is 336 g/mol. The normalized spacial score (nSPS) is 23.5. The fraction of sp³-hybridized carbons (Fsp3) is 0.571. The summed E-state index contributed by atoms with van der Waals surface area (Å²) >= 11 is 0. The van der Waals surface area contributed by atoms with Gasteiger partial charge in [0.1, 0.15) is 0 Å². The molecule has 2 N–H and O–H groups in total. The van der Waals surface area contributed by atoms with Crippen molar-refractivity contribution in [2.24, 2.45) is 0 Å². The predicted molar refractivity (Wildman–Crippen MR) is 77.0 cm³/mol. The zero-order chi connectivity index (χ0) is 16.5. The van der Waals surface area contributed by atoms with Crippen molar-refractivity contribution in [1.29, 1.82) is 0 Å². The molecule has 0 saturated carbocycles. The first-order chi connectivity index (χ1) is 10.1. The van der Waals surface area contributed by atoms with E-state index in [2.05, 4.69) is 10.0 Å². The Bertz CT molecular complexity index is 644. The molecule has 2 unspecified atom stereocenters. The number of benzene rings is 1. The lowest BCUT2D eigenvalue weighted by atomic mass is 10.0. The summed E-state index contributed by atoms with van der Waals surface area (Å²) in [5, 5.41) is 3.21. The van der Waals surface area contributed by atoms with Crippen LogP contribution in [-0.2, 0) is 16.2 Å². The second-order valence-corrected chi connectivity index (χ2v) is 7.36. The molecule has 2 rings (SSSR count). The smallest absolute Gasteiger partial charge is 0.314 e. The average Bonchev–Trinajstić information content (AvgIpc) is 2.36. The fourth-order valence-electron chi connectivity index (χ4n) is 2.65. The number of rotatable bonds is 3. The summed E-state index contributed by atoms with van der Waals surface area (Å²) in [6.07, 6.45) is -3.17. The van der Waals surface area contributed by atoms with Gasteiger partial charge in [0.2, 0.25) is 10.0 Å². The van der Waals surface area contributed by atoms with Crippen molar-refractivity contribution in [3.63, 3.8) is 0 Å². The van der Waals surface area contributed by atoms with Gasteiger partial charge in [-0.15, -0.1) is 0 Å². The minimum atomic E-state index is -4.48. The van der Waals surface area contributed by atoms with Crippen LogP contribution in [0.1, 0.15) is 30.9 Å². The molecule has 1 aliphatic rings. The number of aryl methyl sites for hydroxylation is 1. The Kier molecular flexibility index (Phi) is 4.84. The lowest BCUT2D eigenvalue weighted by Gasteiger charge is -2.28. The van der Waals surface area contributed by atoms with Crippen LogP contribution in [0.3, 0.4) is 0 Å². The first-order valence-corrected chi connectivity index (χ1v) is 8.51. The van der Waals surface area contributed by atoms with Gasteiger partial charge in [-0.1, -0.05) is 0 Å². The summed E-state index contributed by atoms with van der Waals surface area (Å²) in [6.45, 7) is 4.04. The standard InChI is InChI=1S/C14H19F3N2O2S/c1-9-7-11(14(15,16)17)3-4-13(9)22(20,21)19-12-5-6-18-10(2)8-12/h3-4,7,10,12,18-19H,5-6,8H2,1-2H3. The summed E-state index contributed by atoms with van der Waals surface area (Å²) in [5.74, 6) is 0. The van der Waals surface area contributed by atoms with E-state index in [-0.39, 0.29) is 22.5 Å². The van der Waals surface area contributed by atoms with Crippen LogP contribution in [0.4, 0.5) is 13.2 Å². The Balaban J connectivity index is 2.22. The summed E-state index contributed by atoms with van der Waals surface area (Å²) in [5.41, 5.74) is -0.760. The quantitative estimate of drug-likeness (QED) is 0.891. The van der Waals surface area contributed by atoms with Gasteiger partial charge < -0.3 is 5.32 Å². The Hall–Kier alpha value is -1.12. The third-order valence-electron chi connectivity index (χ3n) is 3.74. The van der Waals surface area contributed by atoms with Crippen LogP contribution in [0.2, 0.25) is 0 Å². The van der Waals surface area contributed by atoms with Crippen molar-refractivity contribution in [2.75, 3.05) is 6.54 Å². The minimum Gasteiger partial charge on any atom is -0.314 e. The van der Waals surface area contributed by atoms with Gasteiger partial charge in [-0.25, -0.2) is 13.1 Å². The zero-order valence-corrected chi connectivity index (χ0v) is 13.2. The van der Waals surface area contributed by atoms with Crippen molar-refractivity contribution in [2.45, 2.75) is 49.8 Å². The molecule has 0 spiro atoms. The molecule has 124 valence electrons. The highest BCUT2D eigenvalue weighted by molar-refractivity contribution is 7.89. The molecule has 2 atom stereocenters. The van der Waals surface area contributed by atoms with Crippen LogP contribution in [0.15, 0.2) is 23.1 Å². The molecule has 1 aromatic rings. The number of hydrogen-bond donors (Lipinski definition) is 2. The second-order valence-electron chi connectivity index (χ2n) is 5.68. The van der Waals surface area contributed by atoms with E-state index >= 15 is 0 Å². The van der Waals surface area contributed by atoms with Crippen LogP contribution in [0.25, 0.3) is 0 Å². The van der Waals surface area contributed by atoms with Crippen molar-refractivity contribution in [1.82, 2.24) is 10.0 Å². The third-order valence-corrected chi connectivity index (χ3v) is 5.42. The average molecular weight is 336 g/mol. The van der Waals surface area contributed by atoms with E-state index in [1.54, 1.807) is 0 Å². The Labute approximate surface area is 128 Å². The fourth-order valence-corrected chi connectivity index (χ4v) is 4.16. The Morgan fingerprint density at radius 2 is 2.00 bits per heavy atom. The number of hydrogen-bond acceptors (Lipinski definition) is 3. The predicted octanol–water partition coefficient (Wildman–Crippen LogP) is 2.43.